The zero-order chi connectivity index (χ0) is 23.5. The first-order valence-electron chi connectivity index (χ1n) is 11.3. The van der Waals surface area contributed by atoms with E-state index in [0.717, 1.165) is 39.2 Å². The Labute approximate surface area is 203 Å². The van der Waals surface area contributed by atoms with Crippen molar-refractivity contribution in [1.82, 2.24) is 14.9 Å². The molecule has 176 valence electrons. The molecule has 0 aliphatic carbocycles. The minimum atomic E-state index is -3.77. The number of hydrogen-bond acceptors (Lipinski definition) is 7. The number of ether oxygens (including phenoxy) is 1. The van der Waals surface area contributed by atoms with Gasteiger partial charge in [-0.2, -0.15) is 0 Å². The number of nitrogens with zero attached hydrogens (tertiary/aromatic N) is 3. The molecule has 34 heavy (non-hydrogen) atoms. The number of fused-ring (bicyclic) bond motifs is 1. The lowest BCUT2D eigenvalue weighted by atomic mass is 10.1. The lowest BCUT2D eigenvalue weighted by Gasteiger charge is -2.15. The Kier molecular flexibility index (Phi) is 6.60. The standard InChI is InChI=1S/C25H26N4O3S2/c26-34(30,31)21-5-3-4-19(15-21)22-17-33-23-16-27-24(28-25(22)23)14-18-6-8-20(9-7-18)32-13-12-29-10-1-2-11-29/h3-9,15-17H,1-2,10-14H2,(H2,26,30,31). The van der Waals surface area contributed by atoms with Gasteiger partial charge in [0.1, 0.15) is 18.2 Å². The van der Waals surface area contributed by atoms with Crippen molar-refractivity contribution in [2.24, 2.45) is 5.14 Å². The van der Waals surface area contributed by atoms with Crippen LogP contribution in [0.25, 0.3) is 21.3 Å². The van der Waals surface area contributed by atoms with Gasteiger partial charge in [-0.15, -0.1) is 11.3 Å². The van der Waals surface area contributed by atoms with Gasteiger partial charge in [-0.1, -0.05) is 24.3 Å². The van der Waals surface area contributed by atoms with Gasteiger partial charge in [-0.05, 0) is 61.3 Å². The molecule has 7 nitrogen and oxygen atoms in total. The van der Waals surface area contributed by atoms with Gasteiger partial charge in [-0.3, -0.25) is 4.90 Å². The summed E-state index contributed by atoms with van der Waals surface area (Å²) in [5.41, 5.74) is 3.54. The van der Waals surface area contributed by atoms with Crippen LogP contribution in [0, 0.1) is 0 Å². The van der Waals surface area contributed by atoms with Crippen molar-refractivity contribution in [2.45, 2.75) is 24.2 Å². The Morgan fingerprint density at radius 3 is 2.65 bits per heavy atom. The second kappa shape index (κ2) is 9.79. The van der Waals surface area contributed by atoms with Crippen LogP contribution in [-0.2, 0) is 16.4 Å². The molecule has 0 atom stereocenters. The van der Waals surface area contributed by atoms with Crippen molar-refractivity contribution in [3.05, 3.63) is 71.5 Å². The number of thiophene rings is 1. The Hall–Kier alpha value is -2.85. The Morgan fingerprint density at radius 1 is 1.09 bits per heavy atom. The van der Waals surface area contributed by atoms with Crippen LogP contribution in [0.3, 0.4) is 0 Å². The Bertz CT molecular complexity index is 1400. The molecule has 2 aromatic carbocycles. The van der Waals surface area contributed by atoms with E-state index >= 15 is 0 Å². The molecule has 0 unspecified atom stereocenters. The van der Waals surface area contributed by atoms with Gasteiger partial charge >= 0.3 is 0 Å². The highest BCUT2D eigenvalue weighted by atomic mass is 32.2. The molecule has 0 bridgehead atoms. The van der Waals surface area contributed by atoms with Crippen molar-refractivity contribution in [2.75, 3.05) is 26.2 Å². The number of rotatable bonds is 8. The first kappa shape index (κ1) is 22.9. The number of benzene rings is 2. The first-order chi connectivity index (χ1) is 16.5. The summed E-state index contributed by atoms with van der Waals surface area (Å²) in [6.07, 6.45) is 5.00. The maximum atomic E-state index is 11.8. The number of sulfonamides is 1. The minimum Gasteiger partial charge on any atom is -0.492 e. The molecular formula is C25H26N4O3S2. The second-order valence-electron chi connectivity index (χ2n) is 8.44. The number of nitrogens with two attached hydrogens (primary N) is 1. The highest BCUT2D eigenvalue weighted by Crippen LogP contribution is 2.33. The highest BCUT2D eigenvalue weighted by molar-refractivity contribution is 7.89. The quantitative estimate of drug-likeness (QED) is 0.396. The maximum absolute atomic E-state index is 11.8. The molecule has 2 aromatic heterocycles. The SMILES string of the molecule is NS(=O)(=O)c1cccc(-c2csc3cnc(Cc4ccc(OCCN5CCCC5)cc4)nc23)c1. The molecule has 0 spiro atoms. The predicted octanol–water partition coefficient (Wildman–Crippen LogP) is 4.07. The molecule has 0 amide bonds. The average Bonchev–Trinajstić information content (AvgIpc) is 3.50. The Morgan fingerprint density at radius 2 is 1.88 bits per heavy atom. The largest absolute Gasteiger partial charge is 0.492 e. The second-order valence-corrected chi connectivity index (χ2v) is 10.9. The van der Waals surface area contributed by atoms with E-state index in [9.17, 15) is 8.42 Å². The summed E-state index contributed by atoms with van der Waals surface area (Å²) >= 11 is 1.53. The molecular weight excluding hydrogens is 468 g/mol. The van der Waals surface area contributed by atoms with Crippen molar-refractivity contribution < 1.29 is 13.2 Å². The molecule has 3 heterocycles. The van der Waals surface area contributed by atoms with Gasteiger partial charge in [0, 0.05) is 30.1 Å². The van der Waals surface area contributed by atoms with Crippen molar-refractivity contribution in [3.8, 4) is 16.9 Å². The topological polar surface area (TPSA) is 98.4 Å². The smallest absolute Gasteiger partial charge is 0.238 e. The van der Waals surface area contributed by atoms with E-state index in [1.807, 2.05) is 41.9 Å². The fraction of sp³-hybridized carbons (Fsp3) is 0.280. The van der Waals surface area contributed by atoms with Gasteiger partial charge in [0.15, 0.2) is 0 Å². The lowest BCUT2D eigenvalue weighted by molar-refractivity contribution is 0.238. The van der Waals surface area contributed by atoms with E-state index in [-0.39, 0.29) is 4.90 Å². The summed E-state index contributed by atoms with van der Waals surface area (Å²) < 4.78 is 30.4. The number of aromatic nitrogens is 2. The number of hydrogen-bond donors (Lipinski definition) is 1. The molecule has 1 aliphatic heterocycles. The summed E-state index contributed by atoms with van der Waals surface area (Å²) in [4.78, 5) is 11.8. The molecule has 4 aromatic rings. The van der Waals surface area contributed by atoms with E-state index in [1.165, 1.54) is 43.3 Å². The van der Waals surface area contributed by atoms with Crippen molar-refractivity contribution in [3.63, 3.8) is 0 Å². The first-order valence-corrected chi connectivity index (χ1v) is 13.7. The number of likely N-dealkylation sites (tertiary alicyclic amines) is 1. The fourth-order valence-electron chi connectivity index (χ4n) is 4.18. The van der Waals surface area contributed by atoms with E-state index < -0.39 is 10.0 Å². The van der Waals surface area contributed by atoms with Gasteiger partial charge in [0.2, 0.25) is 10.0 Å². The zero-order valence-corrected chi connectivity index (χ0v) is 20.3. The summed E-state index contributed by atoms with van der Waals surface area (Å²) in [5, 5.41) is 7.28. The molecule has 2 N–H and O–H groups in total. The van der Waals surface area contributed by atoms with Crippen LogP contribution in [0.15, 0.2) is 65.0 Å². The van der Waals surface area contributed by atoms with Crippen molar-refractivity contribution in [1.29, 1.82) is 0 Å². The maximum Gasteiger partial charge on any atom is 0.238 e. The average molecular weight is 495 g/mol. The van der Waals surface area contributed by atoms with Crippen LogP contribution >= 0.6 is 11.3 Å². The third-order valence-corrected chi connectivity index (χ3v) is 7.82. The van der Waals surface area contributed by atoms with E-state index in [4.69, 9.17) is 14.9 Å². The normalized spacial score (nSPS) is 14.6. The van der Waals surface area contributed by atoms with E-state index in [2.05, 4.69) is 9.88 Å². The Balaban J connectivity index is 1.30. The van der Waals surface area contributed by atoms with Gasteiger partial charge in [0.05, 0.1) is 15.1 Å². The summed E-state index contributed by atoms with van der Waals surface area (Å²) in [6, 6.07) is 14.7. The molecule has 0 saturated carbocycles. The molecule has 9 heteroatoms. The number of primary sulfonamides is 1. The van der Waals surface area contributed by atoms with Gasteiger partial charge < -0.3 is 4.74 Å². The zero-order valence-electron chi connectivity index (χ0n) is 18.7. The van der Waals surface area contributed by atoms with Crippen LogP contribution in [0.2, 0.25) is 0 Å². The third kappa shape index (κ3) is 5.28. The lowest BCUT2D eigenvalue weighted by Crippen LogP contribution is -2.25. The summed E-state index contributed by atoms with van der Waals surface area (Å²) in [7, 11) is -3.77. The monoisotopic (exact) mass is 494 g/mol. The molecule has 1 fully saturated rings. The van der Waals surface area contributed by atoms with Crippen LogP contribution in [0.4, 0.5) is 0 Å². The van der Waals surface area contributed by atoms with Crippen molar-refractivity contribution >= 4 is 31.6 Å². The van der Waals surface area contributed by atoms with Gasteiger partial charge in [0.25, 0.3) is 0 Å². The van der Waals surface area contributed by atoms with Crippen LogP contribution in [0.5, 0.6) is 5.75 Å². The van der Waals surface area contributed by atoms with Crippen LogP contribution in [-0.4, -0.2) is 49.5 Å². The molecule has 5 rings (SSSR count). The van der Waals surface area contributed by atoms with E-state index in [1.54, 1.807) is 12.1 Å². The fourth-order valence-corrected chi connectivity index (χ4v) is 5.61. The molecule has 1 aliphatic rings. The van der Waals surface area contributed by atoms with E-state index in [0.29, 0.717) is 18.9 Å². The van der Waals surface area contributed by atoms with Gasteiger partial charge in [-0.25, -0.2) is 23.5 Å². The van der Waals surface area contributed by atoms with Crippen LogP contribution < -0.4 is 9.88 Å². The van der Waals surface area contributed by atoms with Crippen LogP contribution in [0.1, 0.15) is 24.2 Å². The predicted molar refractivity (Wildman–Crippen MR) is 135 cm³/mol. The summed E-state index contributed by atoms with van der Waals surface area (Å²) in [5.74, 6) is 1.58. The molecule has 0 radical (unpaired) electrons. The minimum absolute atomic E-state index is 0.0846. The molecule has 1 saturated heterocycles. The summed E-state index contributed by atoms with van der Waals surface area (Å²) in [6.45, 7) is 4.03. The highest BCUT2D eigenvalue weighted by Gasteiger charge is 2.14. The third-order valence-electron chi connectivity index (χ3n) is 6.00.